The van der Waals surface area contributed by atoms with Crippen LogP contribution in [0, 0.1) is 0 Å². The van der Waals surface area contributed by atoms with E-state index in [9.17, 15) is 0 Å². The third-order valence-corrected chi connectivity index (χ3v) is 5.63. The standard InChI is InChI=1S/C20H27N7O2/c1-13-12-28-7-6-26(13)19-8-17(25-10-14(2)29-15(3)11-25)20-21-9-18(27(20)24-19)16-4-5-22-23-16/h4-5,8-9,13-15H,6-7,10-12H2,1-3H3,(H,22,23)/t13-,14?,15?/m1/s1. The van der Waals surface area contributed by atoms with Crippen molar-refractivity contribution in [2.45, 2.75) is 39.0 Å². The maximum absolute atomic E-state index is 5.95. The summed E-state index contributed by atoms with van der Waals surface area (Å²) in [7, 11) is 0. The Bertz CT molecular complexity index is 976. The van der Waals surface area contributed by atoms with E-state index in [-0.39, 0.29) is 18.2 Å². The highest BCUT2D eigenvalue weighted by molar-refractivity contribution is 5.75. The fourth-order valence-corrected chi connectivity index (χ4v) is 4.34. The molecule has 0 spiro atoms. The van der Waals surface area contributed by atoms with Crippen LogP contribution in [-0.4, -0.2) is 75.9 Å². The second-order valence-corrected chi connectivity index (χ2v) is 8.02. The van der Waals surface area contributed by atoms with Crippen LogP contribution in [0.15, 0.2) is 24.5 Å². The number of nitrogens with zero attached hydrogens (tertiary/aromatic N) is 6. The lowest BCUT2D eigenvalue weighted by Gasteiger charge is -2.38. The predicted molar refractivity (Wildman–Crippen MR) is 110 cm³/mol. The van der Waals surface area contributed by atoms with Gasteiger partial charge in [-0.05, 0) is 26.8 Å². The SMILES string of the molecule is CC1CN(c2cc(N3CCOC[C@H]3C)nn3c(-c4ccn[nH]4)cnc23)CC(C)O1. The normalized spacial score (nSPS) is 25.7. The average molecular weight is 397 g/mol. The molecule has 2 aliphatic rings. The Hall–Kier alpha value is -2.65. The number of rotatable bonds is 3. The number of aromatic nitrogens is 5. The van der Waals surface area contributed by atoms with Crippen LogP contribution in [0.5, 0.6) is 0 Å². The van der Waals surface area contributed by atoms with E-state index in [0.29, 0.717) is 13.2 Å². The van der Waals surface area contributed by atoms with Gasteiger partial charge < -0.3 is 19.3 Å². The molecule has 2 fully saturated rings. The Kier molecular flexibility index (Phi) is 4.63. The van der Waals surface area contributed by atoms with E-state index in [4.69, 9.17) is 19.6 Å². The van der Waals surface area contributed by atoms with Crippen LogP contribution in [0.1, 0.15) is 20.8 Å². The lowest BCUT2D eigenvalue weighted by Crippen LogP contribution is -2.46. The highest BCUT2D eigenvalue weighted by atomic mass is 16.5. The predicted octanol–water partition coefficient (Wildman–Crippen LogP) is 1.96. The van der Waals surface area contributed by atoms with Gasteiger partial charge in [-0.2, -0.15) is 5.10 Å². The number of hydrogen-bond acceptors (Lipinski definition) is 7. The third kappa shape index (κ3) is 3.34. The number of aromatic amines is 1. The largest absolute Gasteiger partial charge is 0.377 e. The molecular formula is C20H27N7O2. The second-order valence-electron chi connectivity index (χ2n) is 8.02. The van der Waals surface area contributed by atoms with Gasteiger partial charge in [-0.3, -0.25) is 5.10 Å². The molecule has 3 aromatic heterocycles. The molecule has 9 heteroatoms. The highest BCUT2D eigenvalue weighted by Gasteiger charge is 2.28. The van der Waals surface area contributed by atoms with Gasteiger partial charge in [0.15, 0.2) is 11.5 Å². The van der Waals surface area contributed by atoms with Crippen LogP contribution < -0.4 is 9.80 Å². The fraction of sp³-hybridized carbons (Fsp3) is 0.550. The van der Waals surface area contributed by atoms with Crippen molar-refractivity contribution in [2.75, 3.05) is 42.6 Å². The third-order valence-electron chi connectivity index (χ3n) is 5.63. The number of fused-ring (bicyclic) bond motifs is 1. The molecule has 2 unspecified atom stereocenters. The molecule has 0 bridgehead atoms. The minimum Gasteiger partial charge on any atom is -0.377 e. The lowest BCUT2D eigenvalue weighted by molar-refractivity contribution is -0.00516. The number of nitrogens with one attached hydrogen (secondary N) is 1. The Labute approximate surface area is 169 Å². The van der Waals surface area contributed by atoms with Crippen LogP contribution in [0.2, 0.25) is 0 Å². The minimum atomic E-state index is 0.166. The van der Waals surface area contributed by atoms with E-state index in [1.54, 1.807) is 6.20 Å². The van der Waals surface area contributed by atoms with E-state index in [2.05, 4.69) is 46.8 Å². The molecule has 2 saturated heterocycles. The smallest absolute Gasteiger partial charge is 0.178 e. The molecule has 1 N–H and O–H groups in total. The Morgan fingerprint density at radius 2 is 2.00 bits per heavy atom. The van der Waals surface area contributed by atoms with Gasteiger partial charge in [-0.15, -0.1) is 5.10 Å². The molecule has 9 nitrogen and oxygen atoms in total. The van der Waals surface area contributed by atoms with Crippen LogP contribution in [-0.2, 0) is 9.47 Å². The van der Waals surface area contributed by atoms with Crippen molar-refractivity contribution < 1.29 is 9.47 Å². The number of anilines is 2. The quantitative estimate of drug-likeness (QED) is 0.723. The maximum atomic E-state index is 5.95. The monoisotopic (exact) mass is 397 g/mol. The van der Waals surface area contributed by atoms with Gasteiger partial charge in [-0.1, -0.05) is 0 Å². The molecule has 0 saturated carbocycles. The molecule has 0 radical (unpaired) electrons. The van der Waals surface area contributed by atoms with Crippen molar-refractivity contribution in [1.82, 2.24) is 24.8 Å². The summed E-state index contributed by atoms with van der Waals surface area (Å²) in [6.07, 6.45) is 3.94. The molecule has 0 aromatic carbocycles. The van der Waals surface area contributed by atoms with Crippen molar-refractivity contribution in [3.63, 3.8) is 0 Å². The first-order chi connectivity index (χ1) is 14.1. The molecule has 2 aliphatic heterocycles. The van der Waals surface area contributed by atoms with Gasteiger partial charge >= 0.3 is 0 Å². The van der Waals surface area contributed by atoms with E-state index in [1.807, 2.05) is 16.8 Å². The van der Waals surface area contributed by atoms with Crippen LogP contribution in [0.4, 0.5) is 11.5 Å². The fourth-order valence-electron chi connectivity index (χ4n) is 4.34. The number of H-pyrrole nitrogens is 1. The summed E-state index contributed by atoms with van der Waals surface area (Å²) < 4.78 is 13.5. The van der Waals surface area contributed by atoms with Gasteiger partial charge in [0.05, 0.1) is 49.0 Å². The molecule has 3 atom stereocenters. The van der Waals surface area contributed by atoms with Crippen LogP contribution in [0.25, 0.3) is 17.0 Å². The number of ether oxygens (including phenoxy) is 2. The molecule has 29 heavy (non-hydrogen) atoms. The highest BCUT2D eigenvalue weighted by Crippen LogP contribution is 2.31. The molecule has 5 heterocycles. The summed E-state index contributed by atoms with van der Waals surface area (Å²) in [5, 5.41) is 12.1. The maximum Gasteiger partial charge on any atom is 0.178 e. The molecular weight excluding hydrogens is 370 g/mol. The van der Waals surface area contributed by atoms with Crippen molar-refractivity contribution in [1.29, 1.82) is 0 Å². The lowest BCUT2D eigenvalue weighted by atomic mass is 10.2. The van der Waals surface area contributed by atoms with Gasteiger partial charge in [0.25, 0.3) is 0 Å². The minimum absolute atomic E-state index is 0.166. The van der Waals surface area contributed by atoms with Gasteiger partial charge in [0.2, 0.25) is 0 Å². The second kappa shape index (κ2) is 7.31. The van der Waals surface area contributed by atoms with Gasteiger partial charge in [0, 0.05) is 31.9 Å². The van der Waals surface area contributed by atoms with Crippen molar-refractivity contribution in [3.05, 3.63) is 24.5 Å². The number of hydrogen-bond donors (Lipinski definition) is 1. The van der Waals surface area contributed by atoms with Crippen molar-refractivity contribution in [3.8, 4) is 11.4 Å². The van der Waals surface area contributed by atoms with Crippen LogP contribution >= 0.6 is 0 Å². The van der Waals surface area contributed by atoms with Crippen molar-refractivity contribution >= 4 is 17.2 Å². The first-order valence-corrected chi connectivity index (χ1v) is 10.2. The zero-order chi connectivity index (χ0) is 20.0. The topological polar surface area (TPSA) is 83.8 Å². The summed E-state index contributed by atoms with van der Waals surface area (Å²) in [6, 6.07) is 4.38. The first-order valence-electron chi connectivity index (χ1n) is 10.2. The van der Waals surface area contributed by atoms with Crippen LogP contribution in [0.3, 0.4) is 0 Å². The Morgan fingerprint density at radius 1 is 1.17 bits per heavy atom. The number of imidazole rings is 1. The van der Waals surface area contributed by atoms with Gasteiger partial charge in [0.1, 0.15) is 5.69 Å². The molecule has 154 valence electrons. The van der Waals surface area contributed by atoms with E-state index in [0.717, 1.165) is 48.2 Å². The Morgan fingerprint density at radius 3 is 2.72 bits per heavy atom. The first kappa shape index (κ1) is 18.4. The molecule has 0 amide bonds. The summed E-state index contributed by atoms with van der Waals surface area (Å²) >= 11 is 0. The van der Waals surface area contributed by atoms with E-state index < -0.39 is 0 Å². The zero-order valence-electron chi connectivity index (χ0n) is 17.1. The molecule has 0 aliphatic carbocycles. The summed E-state index contributed by atoms with van der Waals surface area (Å²) in [4.78, 5) is 9.42. The summed E-state index contributed by atoms with van der Waals surface area (Å²) in [6.45, 7) is 10.3. The van der Waals surface area contributed by atoms with E-state index in [1.165, 1.54) is 0 Å². The molecule has 3 aromatic rings. The summed E-state index contributed by atoms with van der Waals surface area (Å²) in [5.41, 5.74) is 3.73. The van der Waals surface area contributed by atoms with Crippen molar-refractivity contribution in [2.24, 2.45) is 0 Å². The van der Waals surface area contributed by atoms with Gasteiger partial charge in [-0.25, -0.2) is 9.50 Å². The summed E-state index contributed by atoms with van der Waals surface area (Å²) in [5.74, 6) is 0.939. The zero-order valence-corrected chi connectivity index (χ0v) is 17.1. The average Bonchev–Trinajstić information content (AvgIpc) is 3.36. The number of morpholine rings is 2. The molecule has 5 rings (SSSR count). The Balaban J connectivity index is 1.66. The van der Waals surface area contributed by atoms with E-state index >= 15 is 0 Å².